The van der Waals surface area contributed by atoms with Gasteiger partial charge in [0, 0.05) is 12.3 Å². The van der Waals surface area contributed by atoms with Crippen molar-refractivity contribution in [2.75, 3.05) is 11.9 Å². The number of amides is 1. The molecule has 110 valence electrons. The van der Waals surface area contributed by atoms with Crippen LogP contribution in [0.1, 0.15) is 17.4 Å². The van der Waals surface area contributed by atoms with Crippen LogP contribution in [0.2, 0.25) is 5.02 Å². The van der Waals surface area contributed by atoms with E-state index in [0.717, 1.165) is 17.4 Å². The van der Waals surface area contributed by atoms with Crippen LogP contribution in [0.5, 0.6) is 5.75 Å². The number of nitrogens with one attached hydrogen (secondary N) is 1. The summed E-state index contributed by atoms with van der Waals surface area (Å²) in [6, 6.07) is 3.61. The number of ether oxygens (including phenoxy) is 1. The number of nitrogens with zero attached hydrogens (tertiary/aromatic N) is 1. The van der Waals surface area contributed by atoms with Gasteiger partial charge in [-0.3, -0.25) is 14.9 Å². The molecule has 0 aliphatic carbocycles. The Balaban J connectivity index is 1.91. The van der Waals surface area contributed by atoms with E-state index in [4.69, 9.17) is 16.3 Å². The Bertz CT molecular complexity index is 690. The van der Waals surface area contributed by atoms with Crippen LogP contribution in [-0.2, 0) is 4.79 Å². The monoisotopic (exact) mass is 328 g/mol. The van der Waals surface area contributed by atoms with E-state index < -0.39 is 11.7 Å². The zero-order valence-corrected chi connectivity index (χ0v) is 12.4. The van der Waals surface area contributed by atoms with Gasteiger partial charge in [-0.2, -0.15) is 0 Å². The van der Waals surface area contributed by atoms with Crippen LogP contribution in [0.4, 0.5) is 9.52 Å². The van der Waals surface area contributed by atoms with Crippen molar-refractivity contribution in [3.8, 4) is 5.75 Å². The SMILES string of the molecule is CC(=O)c1csc(NC(=O)COc2ccc(F)cc2Cl)n1. The summed E-state index contributed by atoms with van der Waals surface area (Å²) in [4.78, 5) is 26.7. The molecule has 0 unspecified atom stereocenters. The highest BCUT2D eigenvalue weighted by atomic mass is 35.5. The number of thiazole rings is 1. The maximum atomic E-state index is 12.8. The van der Waals surface area contributed by atoms with Gasteiger partial charge in [0.1, 0.15) is 17.3 Å². The van der Waals surface area contributed by atoms with Crippen molar-refractivity contribution in [2.24, 2.45) is 0 Å². The molecule has 0 spiro atoms. The summed E-state index contributed by atoms with van der Waals surface area (Å²) in [6.45, 7) is 1.08. The van der Waals surface area contributed by atoms with Crippen LogP contribution in [0.25, 0.3) is 0 Å². The number of halogens is 2. The van der Waals surface area contributed by atoms with Gasteiger partial charge in [0.2, 0.25) is 0 Å². The first-order valence-electron chi connectivity index (χ1n) is 5.80. The van der Waals surface area contributed by atoms with Crippen LogP contribution in [-0.4, -0.2) is 23.3 Å². The smallest absolute Gasteiger partial charge is 0.264 e. The normalized spacial score (nSPS) is 10.2. The predicted molar refractivity (Wildman–Crippen MR) is 77.7 cm³/mol. The zero-order chi connectivity index (χ0) is 15.4. The number of benzene rings is 1. The second kappa shape index (κ2) is 6.64. The lowest BCUT2D eigenvalue weighted by molar-refractivity contribution is -0.118. The van der Waals surface area contributed by atoms with E-state index in [9.17, 15) is 14.0 Å². The highest BCUT2D eigenvalue weighted by molar-refractivity contribution is 7.14. The largest absolute Gasteiger partial charge is 0.482 e. The molecule has 0 bridgehead atoms. The fourth-order valence-corrected chi connectivity index (χ4v) is 2.37. The van der Waals surface area contributed by atoms with Crippen molar-refractivity contribution in [1.82, 2.24) is 4.98 Å². The molecule has 1 aromatic heterocycles. The summed E-state index contributed by atoms with van der Waals surface area (Å²) in [7, 11) is 0. The van der Waals surface area contributed by atoms with E-state index in [-0.39, 0.29) is 28.9 Å². The van der Waals surface area contributed by atoms with Crippen molar-refractivity contribution < 1.29 is 18.7 Å². The van der Waals surface area contributed by atoms with Gasteiger partial charge in [-0.25, -0.2) is 9.37 Å². The fraction of sp³-hybridized carbons (Fsp3) is 0.154. The molecule has 1 heterocycles. The van der Waals surface area contributed by atoms with Crippen LogP contribution >= 0.6 is 22.9 Å². The molecular weight excluding hydrogens is 319 g/mol. The number of carbonyl (C=O) groups excluding carboxylic acids is 2. The molecule has 2 rings (SSSR count). The summed E-state index contributed by atoms with van der Waals surface area (Å²) < 4.78 is 18.0. The third kappa shape index (κ3) is 4.24. The topological polar surface area (TPSA) is 68.3 Å². The lowest BCUT2D eigenvalue weighted by atomic mass is 10.3. The molecule has 0 aliphatic heterocycles. The third-order valence-electron chi connectivity index (χ3n) is 2.36. The molecular formula is C13H10ClFN2O3S. The van der Waals surface area contributed by atoms with E-state index in [0.29, 0.717) is 5.13 Å². The highest BCUT2D eigenvalue weighted by Crippen LogP contribution is 2.24. The van der Waals surface area contributed by atoms with Crippen LogP contribution < -0.4 is 10.1 Å². The molecule has 0 atom stereocenters. The summed E-state index contributed by atoms with van der Waals surface area (Å²) >= 11 is 6.90. The molecule has 21 heavy (non-hydrogen) atoms. The number of hydrogen-bond donors (Lipinski definition) is 1. The van der Waals surface area contributed by atoms with Gasteiger partial charge in [-0.1, -0.05) is 11.6 Å². The number of anilines is 1. The van der Waals surface area contributed by atoms with Crippen molar-refractivity contribution in [2.45, 2.75) is 6.92 Å². The Labute approximate surface area is 128 Å². The van der Waals surface area contributed by atoms with Gasteiger partial charge in [0.25, 0.3) is 5.91 Å². The molecule has 0 radical (unpaired) electrons. The summed E-state index contributed by atoms with van der Waals surface area (Å²) in [5.74, 6) is -0.922. The molecule has 0 aliphatic rings. The Morgan fingerprint density at radius 2 is 2.24 bits per heavy atom. The Morgan fingerprint density at radius 3 is 2.86 bits per heavy atom. The first-order chi connectivity index (χ1) is 9.95. The first kappa shape index (κ1) is 15.4. The average molecular weight is 329 g/mol. The minimum absolute atomic E-state index is 0.0796. The number of aromatic nitrogens is 1. The summed E-state index contributed by atoms with van der Waals surface area (Å²) in [5, 5.41) is 4.43. The quantitative estimate of drug-likeness (QED) is 0.856. The van der Waals surface area contributed by atoms with Gasteiger partial charge in [-0.15, -0.1) is 11.3 Å². The summed E-state index contributed by atoms with van der Waals surface area (Å²) in [6.07, 6.45) is 0. The van der Waals surface area contributed by atoms with Gasteiger partial charge >= 0.3 is 0 Å². The lowest BCUT2D eigenvalue weighted by Crippen LogP contribution is -2.20. The Hall–Kier alpha value is -1.99. The Kier molecular flexibility index (Phi) is 4.87. The number of ketones is 1. The van der Waals surface area contributed by atoms with E-state index in [1.54, 1.807) is 5.38 Å². The van der Waals surface area contributed by atoms with E-state index in [1.807, 2.05) is 0 Å². The number of hydrogen-bond acceptors (Lipinski definition) is 5. The highest BCUT2D eigenvalue weighted by Gasteiger charge is 2.11. The van der Waals surface area contributed by atoms with Crippen LogP contribution in [0, 0.1) is 5.82 Å². The maximum Gasteiger partial charge on any atom is 0.264 e. The van der Waals surface area contributed by atoms with Crippen molar-refractivity contribution in [3.63, 3.8) is 0 Å². The van der Waals surface area contributed by atoms with E-state index >= 15 is 0 Å². The standard InChI is InChI=1S/C13H10ClFN2O3S/c1-7(18)10-6-21-13(16-10)17-12(19)5-20-11-3-2-8(15)4-9(11)14/h2-4,6H,5H2,1H3,(H,16,17,19). The van der Waals surface area contributed by atoms with Gasteiger partial charge < -0.3 is 4.74 Å². The van der Waals surface area contributed by atoms with Crippen molar-refractivity contribution in [3.05, 3.63) is 40.1 Å². The molecule has 5 nitrogen and oxygen atoms in total. The average Bonchev–Trinajstić information content (AvgIpc) is 2.86. The Morgan fingerprint density at radius 1 is 1.48 bits per heavy atom. The molecule has 1 amide bonds. The first-order valence-corrected chi connectivity index (χ1v) is 7.05. The number of rotatable bonds is 5. The lowest BCUT2D eigenvalue weighted by Gasteiger charge is -2.07. The van der Waals surface area contributed by atoms with E-state index in [1.165, 1.54) is 19.1 Å². The van der Waals surface area contributed by atoms with E-state index in [2.05, 4.69) is 10.3 Å². The molecule has 0 saturated heterocycles. The van der Waals surface area contributed by atoms with Gasteiger partial charge in [0.05, 0.1) is 5.02 Å². The predicted octanol–water partition coefficient (Wildman–Crippen LogP) is 3.16. The minimum Gasteiger partial charge on any atom is -0.482 e. The van der Waals surface area contributed by atoms with Crippen molar-refractivity contribution in [1.29, 1.82) is 0 Å². The second-order valence-corrected chi connectivity index (χ2v) is 5.27. The second-order valence-electron chi connectivity index (χ2n) is 4.01. The molecule has 1 aromatic carbocycles. The third-order valence-corrected chi connectivity index (χ3v) is 3.42. The number of carbonyl (C=O) groups is 2. The molecule has 0 saturated carbocycles. The van der Waals surface area contributed by atoms with Crippen LogP contribution in [0.15, 0.2) is 23.6 Å². The van der Waals surface area contributed by atoms with Gasteiger partial charge in [0.15, 0.2) is 17.5 Å². The molecule has 1 N–H and O–H groups in total. The maximum absolute atomic E-state index is 12.8. The zero-order valence-electron chi connectivity index (χ0n) is 10.9. The minimum atomic E-state index is -0.489. The molecule has 2 aromatic rings. The van der Waals surface area contributed by atoms with Crippen LogP contribution in [0.3, 0.4) is 0 Å². The summed E-state index contributed by atoms with van der Waals surface area (Å²) in [5.41, 5.74) is 0.290. The molecule has 8 heteroatoms. The fourth-order valence-electron chi connectivity index (χ4n) is 1.38. The van der Waals surface area contributed by atoms with Crippen molar-refractivity contribution >= 4 is 39.8 Å². The van der Waals surface area contributed by atoms with Gasteiger partial charge in [-0.05, 0) is 18.2 Å². The molecule has 0 fully saturated rings. The number of Topliss-reactive ketones (excluding diaryl/α,β-unsaturated/α-hetero) is 1.